The normalized spacial score (nSPS) is 14.9. The molecule has 0 aromatic carbocycles. The van der Waals surface area contributed by atoms with E-state index in [2.05, 4.69) is 68.5 Å². The molecule has 0 saturated heterocycles. The zero-order chi connectivity index (χ0) is 20.2. The first-order valence-electron chi connectivity index (χ1n) is 9.42. The fraction of sp³-hybridized carbons (Fsp3) is 1.00. The van der Waals surface area contributed by atoms with Gasteiger partial charge in [0.15, 0.2) is 0 Å². The van der Waals surface area contributed by atoms with Crippen molar-refractivity contribution in [2.75, 3.05) is 27.4 Å². The minimum atomic E-state index is -1.90. The molecule has 152 valence electrons. The molecule has 0 aliphatic rings. The van der Waals surface area contributed by atoms with Crippen LogP contribution in [0.5, 0.6) is 0 Å². The number of hydrogen-bond acceptors (Lipinski definition) is 4. The van der Waals surface area contributed by atoms with Gasteiger partial charge in [0.25, 0.3) is 0 Å². The highest BCUT2D eigenvalue weighted by Gasteiger charge is 2.52. The van der Waals surface area contributed by atoms with Gasteiger partial charge in [0, 0.05) is 27.4 Å². The fourth-order valence-corrected chi connectivity index (χ4v) is 4.77. The summed E-state index contributed by atoms with van der Waals surface area (Å²) in [4.78, 5) is 0. The van der Waals surface area contributed by atoms with Crippen molar-refractivity contribution < 1.29 is 18.9 Å². The summed E-state index contributed by atoms with van der Waals surface area (Å²) in [6.45, 7) is 23.3. The smallest absolute Gasteiger partial charge is 0.121 e. The van der Waals surface area contributed by atoms with Crippen LogP contribution in [0.1, 0.15) is 68.2 Å². The molecule has 0 aromatic heterocycles. The molecular weight excluding hydrogens is 332 g/mol. The van der Waals surface area contributed by atoms with Gasteiger partial charge in [-0.15, -0.1) is 0 Å². The highest BCUT2D eigenvalue weighted by molar-refractivity contribution is 6.82. The Morgan fingerprint density at radius 2 is 0.880 bits per heavy atom. The van der Waals surface area contributed by atoms with Crippen molar-refractivity contribution in [3.05, 3.63) is 0 Å². The molecule has 0 fully saturated rings. The van der Waals surface area contributed by atoms with Crippen molar-refractivity contribution in [3.8, 4) is 0 Å². The first kappa shape index (κ1) is 25.1. The van der Waals surface area contributed by atoms with E-state index in [0.717, 1.165) is 12.8 Å². The van der Waals surface area contributed by atoms with Crippen molar-refractivity contribution >= 4 is 8.07 Å². The number of ether oxygens (including phenoxy) is 4. The summed E-state index contributed by atoms with van der Waals surface area (Å²) < 4.78 is 23.7. The fourth-order valence-electron chi connectivity index (χ4n) is 2.39. The maximum absolute atomic E-state index is 6.36. The van der Waals surface area contributed by atoms with Crippen molar-refractivity contribution in [1.29, 1.82) is 0 Å². The maximum atomic E-state index is 6.36. The molecule has 25 heavy (non-hydrogen) atoms. The molecule has 0 aromatic rings. The lowest BCUT2D eigenvalue weighted by Gasteiger charge is -2.49. The van der Waals surface area contributed by atoms with Gasteiger partial charge in [-0.1, -0.05) is 13.1 Å². The predicted molar refractivity (Wildman–Crippen MR) is 109 cm³/mol. The third-order valence-electron chi connectivity index (χ3n) is 6.45. The molecule has 4 nitrogen and oxygen atoms in total. The van der Waals surface area contributed by atoms with Crippen molar-refractivity contribution in [2.45, 2.75) is 103 Å². The molecule has 0 aliphatic heterocycles. The third kappa shape index (κ3) is 7.29. The van der Waals surface area contributed by atoms with E-state index >= 15 is 0 Å². The summed E-state index contributed by atoms with van der Waals surface area (Å²) in [6, 6.07) is 0. The predicted octanol–water partition coefficient (Wildman–Crippen LogP) is 4.99. The summed E-state index contributed by atoms with van der Waals surface area (Å²) >= 11 is 0. The zero-order valence-electron chi connectivity index (χ0n) is 19.0. The molecule has 0 bridgehead atoms. The van der Waals surface area contributed by atoms with Crippen LogP contribution in [-0.2, 0) is 18.9 Å². The molecule has 0 radical (unpaired) electrons. The quantitative estimate of drug-likeness (QED) is 0.449. The van der Waals surface area contributed by atoms with Gasteiger partial charge in [0.05, 0.1) is 21.7 Å². The molecule has 0 rings (SSSR count). The van der Waals surface area contributed by atoms with Gasteiger partial charge in [-0.2, -0.15) is 0 Å². The first-order valence-corrected chi connectivity index (χ1v) is 12.4. The third-order valence-corrected chi connectivity index (χ3v) is 12.8. The summed E-state index contributed by atoms with van der Waals surface area (Å²) in [7, 11) is 1.61. The molecule has 0 unspecified atom stereocenters. The maximum Gasteiger partial charge on any atom is 0.121 e. The molecule has 0 spiro atoms. The first-order chi connectivity index (χ1) is 11.0. The van der Waals surface area contributed by atoms with Gasteiger partial charge in [-0.3, -0.25) is 0 Å². The molecule has 0 aliphatic carbocycles. The van der Waals surface area contributed by atoms with Crippen LogP contribution in [0.2, 0.25) is 13.1 Å². The molecule has 5 heteroatoms. The number of methoxy groups -OCH3 is 2. The van der Waals surface area contributed by atoms with E-state index in [4.69, 9.17) is 18.9 Å². The Hall–Kier alpha value is 0.0569. The molecule has 0 atom stereocenters. The summed E-state index contributed by atoms with van der Waals surface area (Å²) in [5.41, 5.74) is -0.306. The number of rotatable bonds is 12. The van der Waals surface area contributed by atoms with Crippen LogP contribution >= 0.6 is 0 Å². The summed E-state index contributed by atoms with van der Waals surface area (Å²) in [6.07, 6.45) is 1.75. The van der Waals surface area contributed by atoms with Crippen LogP contribution in [0.15, 0.2) is 0 Å². The Kier molecular flexibility index (Phi) is 8.85. The van der Waals surface area contributed by atoms with Gasteiger partial charge in [0.1, 0.15) is 8.07 Å². The van der Waals surface area contributed by atoms with Crippen molar-refractivity contribution in [2.24, 2.45) is 0 Å². The SMILES string of the molecule is COC(C)(C)CCOC(C)(C)[Si](C)(C)C(C)(C)OCCC(C)(C)OC. The van der Waals surface area contributed by atoms with E-state index in [1.807, 2.05) is 0 Å². The van der Waals surface area contributed by atoms with Crippen LogP contribution in [0.25, 0.3) is 0 Å². The standard InChI is InChI=1S/C20H44O4Si/c1-17(2,21-9)13-15-23-19(5,6)25(11,12)20(7,8)24-16-14-18(3,4)22-10/h13-16H2,1-12H3. The van der Waals surface area contributed by atoms with Crippen LogP contribution in [0.3, 0.4) is 0 Å². The van der Waals surface area contributed by atoms with E-state index in [9.17, 15) is 0 Å². The van der Waals surface area contributed by atoms with Gasteiger partial charge >= 0.3 is 0 Å². The molecule has 0 saturated carbocycles. The van der Waals surface area contributed by atoms with E-state index in [0.29, 0.717) is 13.2 Å². The lowest BCUT2D eigenvalue weighted by atomic mass is 10.1. The minimum absolute atomic E-state index is 0.153. The topological polar surface area (TPSA) is 36.9 Å². The van der Waals surface area contributed by atoms with Gasteiger partial charge in [0.2, 0.25) is 0 Å². The second-order valence-corrected chi connectivity index (χ2v) is 15.4. The Balaban J connectivity index is 4.85. The lowest BCUT2D eigenvalue weighted by molar-refractivity contribution is -0.0500. The Bertz CT molecular complexity index is 365. The van der Waals surface area contributed by atoms with Crippen LogP contribution in [0.4, 0.5) is 0 Å². The minimum Gasteiger partial charge on any atom is -0.379 e. The zero-order valence-corrected chi connectivity index (χ0v) is 20.0. The van der Waals surface area contributed by atoms with E-state index < -0.39 is 8.07 Å². The second kappa shape index (κ2) is 8.83. The lowest BCUT2D eigenvalue weighted by Crippen LogP contribution is -2.66. The molecule has 0 amide bonds. The Morgan fingerprint density at radius 3 is 1.12 bits per heavy atom. The second-order valence-electron chi connectivity index (χ2n) is 9.77. The molecule has 0 N–H and O–H groups in total. The average Bonchev–Trinajstić information content (AvgIpc) is 2.46. The van der Waals surface area contributed by atoms with E-state index in [1.165, 1.54) is 0 Å². The van der Waals surface area contributed by atoms with Crippen molar-refractivity contribution in [1.82, 2.24) is 0 Å². The Morgan fingerprint density at radius 1 is 0.600 bits per heavy atom. The largest absolute Gasteiger partial charge is 0.379 e. The molecular formula is C20H44O4Si. The van der Waals surface area contributed by atoms with Crippen LogP contribution in [-0.4, -0.2) is 57.2 Å². The number of hydrogen-bond donors (Lipinski definition) is 0. The van der Waals surface area contributed by atoms with Crippen LogP contribution < -0.4 is 0 Å². The highest BCUT2D eigenvalue weighted by atomic mass is 28.3. The van der Waals surface area contributed by atoms with Crippen molar-refractivity contribution in [3.63, 3.8) is 0 Å². The molecule has 0 heterocycles. The summed E-state index contributed by atoms with van der Waals surface area (Å²) in [5.74, 6) is 0. The van der Waals surface area contributed by atoms with Gasteiger partial charge in [-0.05, 0) is 68.2 Å². The Labute approximate surface area is 158 Å². The van der Waals surface area contributed by atoms with Crippen LogP contribution in [0, 0.1) is 0 Å². The van der Waals surface area contributed by atoms with E-state index in [-0.39, 0.29) is 21.7 Å². The summed E-state index contributed by atoms with van der Waals surface area (Å²) in [5, 5.41) is -0.395. The average molecular weight is 377 g/mol. The van der Waals surface area contributed by atoms with Gasteiger partial charge < -0.3 is 18.9 Å². The monoisotopic (exact) mass is 376 g/mol. The highest BCUT2D eigenvalue weighted by Crippen LogP contribution is 2.36. The van der Waals surface area contributed by atoms with Gasteiger partial charge in [-0.25, -0.2) is 0 Å². The van der Waals surface area contributed by atoms with E-state index in [1.54, 1.807) is 14.2 Å².